The molecule has 0 spiro atoms. The van der Waals surface area contributed by atoms with E-state index in [0.29, 0.717) is 30.8 Å². The summed E-state index contributed by atoms with van der Waals surface area (Å²) in [6.45, 7) is 0.528. The maximum absolute atomic E-state index is 13.8. The Morgan fingerprint density at radius 2 is 1.79 bits per heavy atom. The zero-order valence-electron chi connectivity index (χ0n) is 23.9. The van der Waals surface area contributed by atoms with Crippen molar-refractivity contribution < 1.29 is 28.2 Å². The highest BCUT2D eigenvalue weighted by Crippen LogP contribution is 2.36. The Labute approximate surface area is 248 Å². The number of nitrogens with zero attached hydrogens (tertiary/aromatic N) is 1. The maximum atomic E-state index is 13.8. The highest BCUT2D eigenvalue weighted by atomic mass is 32.2. The number of carbonyl (C=O) groups is 1. The molecule has 0 aliphatic heterocycles. The normalized spacial score (nSPS) is 15.1. The van der Waals surface area contributed by atoms with Crippen LogP contribution >= 0.6 is 0 Å². The monoisotopic (exact) mass is 595 g/mol. The molecular formula is C32H41N3O6S. The van der Waals surface area contributed by atoms with E-state index in [1.54, 1.807) is 18.5 Å². The van der Waals surface area contributed by atoms with E-state index in [1.807, 2.05) is 48.5 Å². The van der Waals surface area contributed by atoms with Gasteiger partial charge in [0.2, 0.25) is 10.0 Å². The molecular weight excluding hydrogens is 554 g/mol. The first-order chi connectivity index (χ1) is 20.4. The van der Waals surface area contributed by atoms with Gasteiger partial charge in [-0.05, 0) is 67.8 Å². The molecule has 1 aromatic heterocycles. The van der Waals surface area contributed by atoms with Gasteiger partial charge in [0.25, 0.3) is 5.91 Å². The zero-order valence-corrected chi connectivity index (χ0v) is 24.7. The number of nitrogens with one attached hydrogen (secondary N) is 2. The van der Waals surface area contributed by atoms with Gasteiger partial charge in [-0.2, -0.15) is 0 Å². The van der Waals surface area contributed by atoms with Crippen LogP contribution in [0.5, 0.6) is 5.75 Å². The molecule has 226 valence electrons. The van der Waals surface area contributed by atoms with E-state index in [1.165, 1.54) is 0 Å². The van der Waals surface area contributed by atoms with E-state index in [2.05, 4.69) is 15.0 Å². The van der Waals surface area contributed by atoms with Gasteiger partial charge in [-0.15, -0.1) is 0 Å². The Morgan fingerprint density at radius 3 is 2.48 bits per heavy atom. The number of aliphatic hydroxyl groups excluding tert-OH is 2. The predicted molar refractivity (Wildman–Crippen MR) is 163 cm³/mol. The van der Waals surface area contributed by atoms with Gasteiger partial charge in [0.05, 0.1) is 23.5 Å². The number of carbonyl (C=O) groups excluding carboxylic acids is 1. The van der Waals surface area contributed by atoms with E-state index >= 15 is 0 Å². The van der Waals surface area contributed by atoms with Gasteiger partial charge < -0.3 is 20.3 Å². The van der Waals surface area contributed by atoms with Gasteiger partial charge in [-0.25, -0.2) is 13.1 Å². The lowest BCUT2D eigenvalue weighted by atomic mass is 9.94. The summed E-state index contributed by atoms with van der Waals surface area (Å²) in [4.78, 5) is 17.8. The maximum Gasteiger partial charge on any atom is 0.269 e. The quantitative estimate of drug-likeness (QED) is 0.161. The predicted octanol–water partition coefficient (Wildman–Crippen LogP) is 4.16. The standard InChI is InChI=1S/C32H41N3O6S/c36-20-9-21-42(39,40)35-32(38)30-28(24-10-4-3-5-11-24)16-15-25(31(30)41-27-13-6-1-2-7-14-27)17-19-34-23-29(37)26-12-8-18-33-22-26/h3-5,8,10-12,15-16,18,22,27,29,34,36-37H,1-2,6-7,9,13-14,17,19-21,23H2,(H,35,38)/t29-/m0/s1. The van der Waals surface area contributed by atoms with Crippen LogP contribution in [0.1, 0.15) is 72.5 Å². The lowest BCUT2D eigenvalue weighted by Crippen LogP contribution is -2.34. The minimum atomic E-state index is -3.98. The van der Waals surface area contributed by atoms with Gasteiger partial charge in [-0.1, -0.05) is 61.4 Å². The van der Waals surface area contributed by atoms with Gasteiger partial charge in [0, 0.05) is 31.1 Å². The Kier molecular flexibility index (Phi) is 11.9. The molecule has 0 saturated heterocycles. The second-order valence-corrected chi connectivity index (χ2v) is 12.5. The van der Waals surface area contributed by atoms with Gasteiger partial charge in [0.15, 0.2) is 0 Å². The summed E-state index contributed by atoms with van der Waals surface area (Å²) in [6, 6.07) is 16.7. The summed E-state index contributed by atoms with van der Waals surface area (Å²) in [6.07, 6.45) is 9.06. The number of ether oxygens (including phenoxy) is 1. The van der Waals surface area contributed by atoms with Crippen LogP contribution < -0.4 is 14.8 Å². The summed E-state index contributed by atoms with van der Waals surface area (Å²) < 4.78 is 34.3. The molecule has 4 rings (SSSR count). The van der Waals surface area contributed by atoms with Crippen molar-refractivity contribution in [1.29, 1.82) is 0 Å². The topological polar surface area (TPSA) is 138 Å². The number of aliphatic hydroxyl groups is 2. The Morgan fingerprint density at radius 1 is 1.02 bits per heavy atom. The molecule has 1 heterocycles. The van der Waals surface area contributed by atoms with Crippen LogP contribution in [0.4, 0.5) is 0 Å². The molecule has 10 heteroatoms. The van der Waals surface area contributed by atoms with Crippen LogP contribution in [-0.4, -0.2) is 61.1 Å². The van der Waals surface area contributed by atoms with Crippen molar-refractivity contribution in [1.82, 2.24) is 15.0 Å². The largest absolute Gasteiger partial charge is 0.489 e. The zero-order chi connectivity index (χ0) is 29.8. The second kappa shape index (κ2) is 15.8. The van der Waals surface area contributed by atoms with Crippen molar-refractivity contribution in [3.8, 4) is 16.9 Å². The molecule has 1 aliphatic carbocycles. The lowest BCUT2D eigenvalue weighted by Gasteiger charge is -2.24. The molecule has 42 heavy (non-hydrogen) atoms. The Bertz CT molecular complexity index is 1380. The fraction of sp³-hybridized carbons (Fsp3) is 0.438. The van der Waals surface area contributed by atoms with Crippen LogP contribution in [0.3, 0.4) is 0 Å². The average Bonchev–Trinajstić information content (AvgIpc) is 3.28. The lowest BCUT2D eigenvalue weighted by molar-refractivity contribution is 0.0972. The molecule has 1 atom stereocenters. The van der Waals surface area contributed by atoms with Crippen molar-refractivity contribution in [2.75, 3.05) is 25.4 Å². The van der Waals surface area contributed by atoms with Crippen LogP contribution in [0, 0.1) is 0 Å². The highest BCUT2D eigenvalue weighted by molar-refractivity contribution is 7.90. The van der Waals surface area contributed by atoms with Crippen LogP contribution in [0.25, 0.3) is 11.1 Å². The SMILES string of the molecule is O=C(NS(=O)(=O)CCCO)c1c(-c2ccccc2)ccc(CCNC[C@H](O)c2cccnc2)c1OC1CCCCCC1. The summed E-state index contributed by atoms with van der Waals surface area (Å²) in [7, 11) is -3.98. The number of amides is 1. The summed E-state index contributed by atoms with van der Waals surface area (Å²) in [5.74, 6) is -0.720. The molecule has 0 unspecified atom stereocenters. The third-order valence-corrected chi connectivity index (χ3v) is 8.76. The number of benzene rings is 2. The third kappa shape index (κ3) is 9.09. The van der Waals surface area contributed by atoms with E-state index < -0.39 is 22.0 Å². The van der Waals surface area contributed by atoms with Crippen molar-refractivity contribution >= 4 is 15.9 Å². The molecule has 0 radical (unpaired) electrons. The van der Waals surface area contributed by atoms with Crippen LogP contribution in [-0.2, 0) is 16.4 Å². The molecule has 3 aromatic rings. The summed E-state index contributed by atoms with van der Waals surface area (Å²) >= 11 is 0. The van der Waals surface area contributed by atoms with E-state index in [-0.39, 0.29) is 30.4 Å². The summed E-state index contributed by atoms with van der Waals surface area (Å²) in [5, 5.41) is 22.9. The molecule has 0 bridgehead atoms. The molecule has 1 aliphatic rings. The first kappa shape index (κ1) is 31.6. The second-order valence-electron chi connectivity index (χ2n) is 10.7. The minimum absolute atomic E-state index is 0.0240. The molecule has 9 nitrogen and oxygen atoms in total. The fourth-order valence-corrected chi connectivity index (χ4v) is 6.21. The minimum Gasteiger partial charge on any atom is -0.489 e. The molecule has 2 aromatic carbocycles. The van der Waals surface area contributed by atoms with Crippen molar-refractivity contribution in [2.45, 2.75) is 63.6 Å². The smallest absolute Gasteiger partial charge is 0.269 e. The van der Waals surface area contributed by atoms with Crippen molar-refractivity contribution in [3.05, 3.63) is 83.7 Å². The summed E-state index contributed by atoms with van der Waals surface area (Å²) in [5.41, 5.74) is 3.03. The number of aromatic nitrogens is 1. The molecule has 1 saturated carbocycles. The van der Waals surface area contributed by atoms with E-state index in [4.69, 9.17) is 9.84 Å². The molecule has 1 amide bonds. The number of hydrogen-bond acceptors (Lipinski definition) is 8. The third-order valence-electron chi connectivity index (χ3n) is 7.44. The number of pyridine rings is 1. The average molecular weight is 596 g/mol. The Hall–Kier alpha value is -3.31. The Balaban J connectivity index is 1.66. The fourth-order valence-electron chi connectivity index (χ4n) is 5.22. The highest BCUT2D eigenvalue weighted by Gasteiger charge is 2.27. The van der Waals surface area contributed by atoms with Crippen LogP contribution in [0.2, 0.25) is 0 Å². The van der Waals surface area contributed by atoms with Gasteiger partial charge in [-0.3, -0.25) is 9.78 Å². The van der Waals surface area contributed by atoms with Crippen LogP contribution in [0.15, 0.2) is 67.0 Å². The number of hydrogen-bond donors (Lipinski definition) is 4. The first-order valence-corrected chi connectivity index (χ1v) is 16.4. The van der Waals surface area contributed by atoms with Crippen molar-refractivity contribution in [3.63, 3.8) is 0 Å². The first-order valence-electron chi connectivity index (χ1n) is 14.7. The van der Waals surface area contributed by atoms with E-state index in [9.17, 15) is 18.3 Å². The number of rotatable bonds is 14. The van der Waals surface area contributed by atoms with Gasteiger partial charge in [0.1, 0.15) is 5.75 Å². The van der Waals surface area contributed by atoms with Gasteiger partial charge >= 0.3 is 0 Å². The number of sulfonamides is 1. The molecule has 1 fully saturated rings. The molecule has 4 N–H and O–H groups in total. The van der Waals surface area contributed by atoms with Crippen molar-refractivity contribution in [2.24, 2.45) is 0 Å². The van der Waals surface area contributed by atoms with E-state index in [0.717, 1.165) is 55.2 Å².